The van der Waals surface area contributed by atoms with Crippen molar-refractivity contribution in [2.75, 3.05) is 6.54 Å². The molecule has 1 heterocycles. The lowest BCUT2D eigenvalue weighted by atomic mass is 9.99. The van der Waals surface area contributed by atoms with Crippen LogP contribution < -0.4 is 4.74 Å². The minimum absolute atomic E-state index is 0.121. The van der Waals surface area contributed by atoms with Gasteiger partial charge < -0.3 is 9.64 Å². The molecule has 1 fully saturated rings. The average Bonchev–Trinajstić information content (AvgIpc) is 2.47. The Hall–Kier alpha value is -1.51. The van der Waals surface area contributed by atoms with Crippen LogP contribution in [0.1, 0.15) is 39.5 Å². The van der Waals surface area contributed by atoms with Crippen LogP contribution in [0.5, 0.6) is 5.75 Å². The second kappa shape index (κ2) is 6.60. The Morgan fingerprint density at radius 2 is 2.11 bits per heavy atom. The van der Waals surface area contributed by atoms with Gasteiger partial charge in [-0.2, -0.15) is 0 Å². The number of ether oxygens (including phenoxy) is 1. The van der Waals surface area contributed by atoms with Crippen molar-refractivity contribution in [1.82, 2.24) is 4.90 Å². The Kier molecular flexibility index (Phi) is 4.83. The zero-order valence-electron chi connectivity index (χ0n) is 11.8. The molecule has 2 atom stereocenters. The molecule has 1 aromatic carbocycles. The van der Waals surface area contributed by atoms with Gasteiger partial charge in [-0.15, -0.1) is 0 Å². The van der Waals surface area contributed by atoms with Gasteiger partial charge >= 0.3 is 0 Å². The van der Waals surface area contributed by atoms with Gasteiger partial charge in [0.25, 0.3) is 5.91 Å². The van der Waals surface area contributed by atoms with Crippen LogP contribution in [0.4, 0.5) is 0 Å². The molecule has 1 aliphatic rings. The zero-order valence-corrected chi connectivity index (χ0v) is 11.8. The number of benzene rings is 1. The van der Waals surface area contributed by atoms with Crippen molar-refractivity contribution < 1.29 is 9.53 Å². The molecule has 0 N–H and O–H groups in total. The van der Waals surface area contributed by atoms with Crippen molar-refractivity contribution in [3.63, 3.8) is 0 Å². The van der Waals surface area contributed by atoms with E-state index in [9.17, 15) is 4.79 Å². The Bertz CT molecular complexity index is 404. The summed E-state index contributed by atoms with van der Waals surface area (Å²) < 4.78 is 5.73. The predicted octanol–water partition coefficient (Wildman–Crippen LogP) is 3.25. The Morgan fingerprint density at radius 1 is 1.37 bits per heavy atom. The summed E-state index contributed by atoms with van der Waals surface area (Å²) in [6.45, 7) is 4.87. The van der Waals surface area contributed by atoms with Gasteiger partial charge in [-0.3, -0.25) is 4.79 Å². The first-order chi connectivity index (χ1) is 9.22. The molecule has 3 nitrogen and oxygen atoms in total. The van der Waals surface area contributed by atoms with Gasteiger partial charge in [-0.1, -0.05) is 25.1 Å². The number of piperidine rings is 1. The first-order valence-corrected chi connectivity index (χ1v) is 7.24. The van der Waals surface area contributed by atoms with Crippen molar-refractivity contribution >= 4 is 5.91 Å². The SMILES string of the molecule is CC[C@@H]1CCCCN1C(=O)[C@H](C)Oc1ccccc1. The van der Waals surface area contributed by atoms with Crippen molar-refractivity contribution in [3.8, 4) is 5.75 Å². The summed E-state index contributed by atoms with van der Waals surface area (Å²) in [6, 6.07) is 9.94. The highest BCUT2D eigenvalue weighted by atomic mass is 16.5. The first kappa shape index (κ1) is 13.9. The second-order valence-electron chi connectivity index (χ2n) is 5.16. The molecule has 19 heavy (non-hydrogen) atoms. The van der Waals surface area contributed by atoms with Gasteiger partial charge in [-0.25, -0.2) is 0 Å². The van der Waals surface area contributed by atoms with Gasteiger partial charge in [0, 0.05) is 12.6 Å². The highest BCUT2D eigenvalue weighted by Gasteiger charge is 2.29. The standard InChI is InChI=1S/C16H23NO2/c1-3-14-9-7-8-12-17(14)16(18)13(2)19-15-10-5-4-6-11-15/h4-6,10-11,13-14H,3,7-9,12H2,1-2H3/t13-,14+/m0/s1. The van der Waals surface area contributed by atoms with E-state index in [4.69, 9.17) is 4.74 Å². The minimum Gasteiger partial charge on any atom is -0.481 e. The molecule has 104 valence electrons. The number of hydrogen-bond acceptors (Lipinski definition) is 2. The Morgan fingerprint density at radius 3 is 2.79 bits per heavy atom. The van der Waals surface area contributed by atoms with Crippen LogP contribution in [0, 0.1) is 0 Å². The van der Waals surface area contributed by atoms with Crippen LogP contribution in [-0.4, -0.2) is 29.5 Å². The van der Waals surface area contributed by atoms with Crippen LogP contribution in [-0.2, 0) is 4.79 Å². The predicted molar refractivity (Wildman–Crippen MR) is 76.2 cm³/mol. The van der Waals surface area contributed by atoms with Gasteiger partial charge in [0.2, 0.25) is 0 Å². The second-order valence-corrected chi connectivity index (χ2v) is 5.16. The van der Waals surface area contributed by atoms with Crippen LogP contribution in [0.25, 0.3) is 0 Å². The number of para-hydroxylation sites is 1. The number of carbonyl (C=O) groups is 1. The largest absolute Gasteiger partial charge is 0.481 e. The van der Waals surface area contributed by atoms with Crippen molar-refractivity contribution in [1.29, 1.82) is 0 Å². The molecule has 0 unspecified atom stereocenters. The first-order valence-electron chi connectivity index (χ1n) is 7.24. The summed E-state index contributed by atoms with van der Waals surface area (Å²) in [7, 11) is 0. The maximum atomic E-state index is 12.5. The monoisotopic (exact) mass is 261 g/mol. The van der Waals surface area contributed by atoms with E-state index in [2.05, 4.69) is 6.92 Å². The smallest absolute Gasteiger partial charge is 0.263 e. The fraction of sp³-hybridized carbons (Fsp3) is 0.562. The molecule has 2 rings (SSSR count). The van der Waals surface area contributed by atoms with Gasteiger partial charge in [-0.05, 0) is 44.7 Å². The summed E-state index contributed by atoms with van der Waals surface area (Å²) in [4.78, 5) is 14.5. The quantitative estimate of drug-likeness (QED) is 0.832. The normalized spacial score (nSPS) is 20.9. The van der Waals surface area contributed by atoms with Crippen LogP contribution >= 0.6 is 0 Å². The molecule has 3 heteroatoms. The van der Waals surface area contributed by atoms with Crippen molar-refractivity contribution in [3.05, 3.63) is 30.3 Å². The third kappa shape index (κ3) is 3.49. The van der Waals surface area contributed by atoms with E-state index in [1.54, 1.807) is 0 Å². The molecule has 1 amide bonds. The number of likely N-dealkylation sites (tertiary alicyclic amines) is 1. The van der Waals surface area contributed by atoms with Gasteiger partial charge in [0.15, 0.2) is 6.10 Å². The lowest BCUT2D eigenvalue weighted by molar-refractivity contribution is -0.141. The molecule has 0 saturated carbocycles. The number of rotatable bonds is 4. The van der Waals surface area contributed by atoms with E-state index >= 15 is 0 Å². The van der Waals surface area contributed by atoms with Crippen molar-refractivity contribution in [2.45, 2.75) is 51.7 Å². The number of amides is 1. The van der Waals surface area contributed by atoms with Gasteiger partial charge in [0.1, 0.15) is 5.75 Å². The molecule has 1 saturated heterocycles. The molecule has 0 bridgehead atoms. The van der Waals surface area contributed by atoms with E-state index in [0.29, 0.717) is 6.04 Å². The summed E-state index contributed by atoms with van der Waals surface area (Å²) in [5.41, 5.74) is 0. The topological polar surface area (TPSA) is 29.5 Å². The Balaban J connectivity index is 1.98. The summed E-state index contributed by atoms with van der Waals surface area (Å²) in [5, 5.41) is 0. The molecule has 0 aliphatic carbocycles. The molecular weight excluding hydrogens is 238 g/mol. The lowest BCUT2D eigenvalue weighted by Crippen LogP contribution is -2.48. The summed E-state index contributed by atoms with van der Waals surface area (Å²) >= 11 is 0. The molecule has 1 aliphatic heterocycles. The molecular formula is C16H23NO2. The maximum absolute atomic E-state index is 12.5. The lowest BCUT2D eigenvalue weighted by Gasteiger charge is -2.36. The molecule has 0 radical (unpaired) electrons. The highest BCUT2D eigenvalue weighted by molar-refractivity contribution is 5.81. The van der Waals surface area contributed by atoms with Gasteiger partial charge in [0.05, 0.1) is 0 Å². The van der Waals surface area contributed by atoms with Crippen molar-refractivity contribution in [2.24, 2.45) is 0 Å². The van der Waals surface area contributed by atoms with Crippen LogP contribution in [0.3, 0.4) is 0 Å². The fourth-order valence-corrected chi connectivity index (χ4v) is 2.70. The summed E-state index contributed by atoms with van der Waals surface area (Å²) in [6.07, 6.45) is 4.09. The average molecular weight is 261 g/mol. The number of hydrogen-bond donors (Lipinski definition) is 0. The number of carbonyl (C=O) groups excluding carboxylic acids is 1. The van der Waals surface area contributed by atoms with Crippen LogP contribution in [0.15, 0.2) is 30.3 Å². The molecule has 0 aromatic heterocycles. The van der Waals surface area contributed by atoms with E-state index < -0.39 is 6.10 Å². The van der Waals surface area contributed by atoms with E-state index in [1.807, 2.05) is 42.2 Å². The van der Waals surface area contributed by atoms with Crippen LogP contribution in [0.2, 0.25) is 0 Å². The van der Waals surface area contributed by atoms with E-state index in [-0.39, 0.29) is 5.91 Å². The zero-order chi connectivity index (χ0) is 13.7. The van der Waals surface area contributed by atoms with E-state index in [1.165, 1.54) is 6.42 Å². The maximum Gasteiger partial charge on any atom is 0.263 e. The third-order valence-electron chi connectivity index (χ3n) is 3.79. The molecule has 0 spiro atoms. The summed E-state index contributed by atoms with van der Waals surface area (Å²) in [5.74, 6) is 0.879. The highest BCUT2D eigenvalue weighted by Crippen LogP contribution is 2.21. The Labute approximate surface area is 115 Å². The van der Waals surface area contributed by atoms with E-state index in [0.717, 1.165) is 31.6 Å². The third-order valence-corrected chi connectivity index (χ3v) is 3.79. The minimum atomic E-state index is -0.408. The fourth-order valence-electron chi connectivity index (χ4n) is 2.70. The number of nitrogens with zero attached hydrogens (tertiary/aromatic N) is 1. The molecule has 1 aromatic rings.